The van der Waals surface area contributed by atoms with E-state index in [1.165, 1.54) is 11.3 Å². The maximum absolute atomic E-state index is 13.8. The molecule has 9 nitrogen and oxygen atoms in total. The van der Waals surface area contributed by atoms with Gasteiger partial charge < -0.3 is 19.9 Å². The van der Waals surface area contributed by atoms with E-state index < -0.39 is 0 Å². The highest BCUT2D eigenvalue weighted by Gasteiger charge is 2.40. The maximum Gasteiger partial charge on any atom is 0.258 e. The van der Waals surface area contributed by atoms with Crippen molar-refractivity contribution in [1.29, 1.82) is 0 Å². The van der Waals surface area contributed by atoms with Gasteiger partial charge in [-0.3, -0.25) is 14.0 Å². The van der Waals surface area contributed by atoms with Crippen LogP contribution < -0.4 is 15.6 Å². The van der Waals surface area contributed by atoms with E-state index in [9.17, 15) is 9.59 Å². The minimum absolute atomic E-state index is 0.0644. The lowest BCUT2D eigenvalue weighted by Gasteiger charge is -2.33. The van der Waals surface area contributed by atoms with Crippen molar-refractivity contribution in [2.75, 3.05) is 51.3 Å². The molecular formula is C28H32N6O3S. The summed E-state index contributed by atoms with van der Waals surface area (Å²) in [6.07, 6.45) is 6.60. The van der Waals surface area contributed by atoms with Gasteiger partial charge in [-0.1, -0.05) is 12.1 Å². The minimum Gasteiger partial charge on any atom is -0.381 e. The van der Waals surface area contributed by atoms with Crippen molar-refractivity contribution in [1.82, 2.24) is 24.6 Å². The number of para-hydroxylation sites is 1. The molecule has 38 heavy (non-hydrogen) atoms. The van der Waals surface area contributed by atoms with Crippen LogP contribution in [0.25, 0.3) is 26.1 Å². The lowest BCUT2D eigenvalue weighted by Crippen LogP contribution is -2.44. The third-order valence-electron chi connectivity index (χ3n) is 8.72. The van der Waals surface area contributed by atoms with Crippen molar-refractivity contribution in [3.05, 3.63) is 46.2 Å². The summed E-state index contributed by atoms with van der Waals surface area (Å²) in [4.78, 5) is 42.2. The summed E-state index contributed by atoms with van der Waals surface area (Å²) < 4.78 is 8.61. The van der Waals surface area contributed by atoms with E-state index in [2.05, 4.69) is 27.1 Å². The second kappa shape index (κ2) is 9.29. The summed E-state index contributed by atoms with van der Waals surface area (Å²) in [5.41, 5.74) is 1.66. The normalized spacial score (nSPS) is 20.7. The topological polar surface area (TPSA) is 92.1 Å². The number of nitrogens with one attached hydrogen (secondary N) is 1. The van der Waals surface area contributed by atoms with Crippen molar-refractivity contribution >= 4 is 49.3 Å². The molecule has 0 unspecified atom stereocenters. The molecule has 0 saturated carbocycles. The number of pyridine rings is 1. The molecule has 3 aliphatic heterocycles. The Morgan fingerprint density at radius 3 is 2.74 bits per heavy atom. The van der Waals surface area contributed by atoms with Crippen molar-refractivity contribution in [2.24, 2.45) is 5.41 Å². The highest BCUT2D eigenvalue weighted by Crippen LogP contribution is 2.41. The predicted molar refractivity (Wildman–Crippen MR) is 149 cm³/mol. The standard InChI is InChI=1S/C28H32N6O3S/c1-32-11-6-18(7-12-32)30-25(36)22-23(35)19-16-29-27(33-13-8-28(17-33)9-14-37-15-10-28)31-24(19)34-20-4-2-3-5-21(20)38-26(22)34/h2-5,16,18H,6-15,17H2,1H3,(H,30,36). The van der Waals surface area contributed by atoms with E-state index in [-0.39, 0.29) is 28.4 Å². The number of rotatable bonds is 3. The number of amides is 1. The number of piperidine rings is 1. The Morgan fingerprint density at radius 1 is 1.13 bits per heavy atom. The fourth-order valence-electron chi connectivity index (χ4n) is 6.37. The molecule has 3 aliphatic rings. The van der Waals surface area contributed by atoms with Crippen LogP contribution in [-0.4, -0.2) is 77.7 Å². The van der Waals surface area contributed by atoms with Gasteiger partial charge in [-0.25, -0.2) is 4.98 Å². The Balaban J connectivity index is 1.34. The molecule has 3 aromatic heterocycles. The molecule has 0 bridgehead atoms. The molecule has 3 fully saturated rings. The number of hydrogen-bond donors (Lipinski definition) is 1. The van der Waals surface area contributed by atoms with Crippen LogP contribution in [0.5, 0.6) is 0 Å². The van der Waals surface area contributed by atoms with E-state index in [0.29, 0.717) is 21.8 Å². The van der Waals surface area contributed by atoms with Gasteiger partial charge in [0.1, 0.15) is 10.4 Å². The molecule has 6 heterocycles. The summed E-state index contributed by atoms with van der Waals surface area (Å²) in [7, 11) is 2.09. The highest BCUT2D eigenvalue weighted by atomic mass is 32.1. The molecule has 10 heteroatoms. The van der Waals surface area contributed by atoms with Crippen LogP contribution in [0.3, 0.4) is 0 Å². The zero-order chi connectivity index (χ0) is 25.9. The lowest BCUT2D eigenvalue weighted by molar-refractivity contribution is 0.0254. The van der Waals surface area contributed by atoms with Crippen LogP contribution in [0.15, 0.2) is 35.3 Å². The smallest absolute Gasteiger partial charge is 0.258 e. The van der Waals surface area contributed by atoms with Gasteiger partial charge in [0, 0.05) is 38.5 Å². The number of ether oxygens (including phenoxy) is 1. The van der Waals surface area contributed by atoms with Crippen LogP contribution in [0, 0.1) is 5.41 Å². The van der Waals surface area contributed by atoms with Crippen LogP contribution in [0.2, 0.25) is 0 Å². The molecule has 7 rings (SSSR count). The number of thiazole rings is 1. The van der Waals surface area contributed by atoms with Gasteiger partial charge in [0.05, 0.1) is 15.6 Å². The number of hydrogen-bond acceptors (Lipinski definition) is 8. The highest BCUT2D eigenvalue weighted by molar-refractivity contribution is 7.24. The number of nitrogens with zero attached hydrogens (tertiary/aromatic N) is 5. The van der Waals surface area contributed by atoms with Crippen molar-refractivity contribution in [3.8, 4) is 0 Å². The van der Waals surface area contributed by atoms with E-state index >= 15 is 0 Å². The molecule has 0 atom stereocenters. The van der Waals surface area contributed by atoms with Gasteiger partial charge in [0.15, 0.2) is 5.65 Å². The number of fused-ring (bicyclic) bond motifs is 5. The quantitative estimate of drug-likeness (QED) is 0.433. The largest absolute Gasteiger partial charge is 0.381 e. The van der Waals surface area contributed by atoms with Crippen molar-refractivity contribution < 1.29 is 9.53 Å². The van der Waals surface area contributed by atoms with Gasteiger partial charge in [-0.15, -0.1) is 11.3 Å². The zero-order valence-electron chi connectivity index (χ0n) is 21.6. The molecule has 1 aromatic carbocycles. The fraction of sp³-hybridized carbons (Fsp3) is 0.500. The molecular weight excluding hydrogens is 500 g/mol. The second-order valence-corrected chi connectivity index (χ2v) is 12.2. The van der Waals surface area contributed by atoms with Crippen LogP contribution in [0.4, 0.5) is 5.95 Å². The number of likely N-dealkylation sites (tertiary alicyclic amines) is 1. The van der Waals surface area contributed by atoms with Crippen LogP contribution in [-0.2, 0) is 4.74 Å². The first kappa shape index (κ1) is 24.0. The summed E-state index contributed by atoms with van der Waals surface area (Å²) >= 11 is 1.47. The average Bonchev–Trinajstić information content (AvgIpc) is 3.52. The first-order chi connectivity index (χ1) is 18.5. The third-order valence-corrected chi connectivity index (χ3v) is 9.87. The number of aromatic nitrogens is 3. The predicted octanol–water partition coefficient (Wildman–Crippen LogP) is 3.29. The van der Waals surface area contributed by atoms with Gasteiger partial charge in [-0.05, 0) is 69.8 Å². The lowest BCUT2D eigenvalue weighted by atomic mass is 9.80. The number of anilines is 1. The molecule has 1 spiro atoms. The summed E-state index contributed by atoms with van der Waals surface area (Å²) in [6.45, 7) is 5.28. The first-order valence-corrected chi connectivity index (χ1v) is 14.4. The van der Waals surface area contributed by atoms with Gasteiger partial charge in [0.2, 0.25) is 11.4 Å². The minimum atomic E-state index is -0.305. The summed E-state index contributed by atoms with van der Waals surface area (Å²) in [6, 6.07) is 8.08. The Kier molecular flexibility index (Phi) is 5.86. The number of benzene rings is 1. The summed E-state index contributed by atoms with van der Waals surface area (Å²) in [5, 5.41) is 3.53. The number of carbonyl (C=O) groups is 1. The van der Waals surface area contributed by atoms with Gasteiger partial charge in [-0.2, -0.15) is 4.98 Å². The van der Waals surface area contributed by atoms with E-state index in [1.54, 1.807) is 6.20 Å². The molecule has 0 aliphatic carbocycles. The first-order valence-electron chi connectivity index (χ1n) is 13.6. The fourth-order valence-corrected chi connectivity index (χ4v) is 7.55. The van der Waals surface area contributed by atoms with E-state index in [1.807, 2.05) is 28.7 Å². The Bertz CT molecular complexity index is 1600. The molecule has 4 aromatic rings. The SMILES string of the molecule is CN1CCC(NC(=O)c2c(=O)c3cnc(N4CCC5(CCOCC5)C4)nc3n3c2sc2ccccc23)CC1. The summed E-state index contributed by atoms with van der Waals surface area (Å²) in [5.74, 6) is 0.341. The zero-order valence-corrected chi connectivity index (χ0v) is 22.4. The molecule has 0 radical (unpaired) electrons. The molecule has 198 valence electrons. The Labute approximate surface area is 224 Å². The van der Waals surface area contributed by atoms with E-state index in [0.717, 1.165) is 81.7 Å². The second-order valence-electron chi connectivity index (χ2n) is 11.2. The van der Waals surface area contributed by atoms with Gasteiger partial charge >= 0.3 is 0 Å². The van der Waals surface area contributed by atoms with Crippen LogP contribution in [0.1, 0.15) is 42.5 Å². The monoisotopic (exact) mass is 532 g/mol. The average molecular weight is 533 g/mol. The maximum atomic E-state index is 13.8. The molecule has 1 amide bonds. The Morgan fingerprint density at radius 2 is 1.92 bits per heavy atom. The van der Waals surface area contributed by atoms with Crippen molar-refractivity contribution in [2.45, 2.75) is 38.1 Å². The van der Waals surface area contributed by atoms with Crippen molar-refractivity contribution in [3.63, 3.8) is 0 Å². The molecule has 1 N–H and O–H groups in total. The Hall–Kier alpha value is -3.08. The number of carbonyl (C=O) groups excluding carboxylic acids is 1. The van der Waals surface area contributed by atoms with Gasteiger partial charge in [0.25, 0.3) is 5.91 Å². The molecule has 3 saturated heterocycles. The van der Waals surface area contributed by atoms with E-state index in [4.69, 9.17) is 9.72 Å². The van der Waals surface area contributed by atoms with Crippen LogP contribution >= 0.6 is 11.3 Å². The third kappa shape index (κ3) is 3.97.